The number of nitrogens with zero attached hydrogens (tertiary/aromatic N) is 4. The first-order chi connectivity index (χ1) is 9.99. The Hall–Kier alpha value is -1.30. The Morgan fingerprint density at radius 1 is 1.19 bits per heavy atom. The van der Waals surface area contributed by atoms with Gasteiger partial charge < -0.3 is 0 Å². The van der Waals surface area contributed by atoms with Gasteiger partial charge in [0.15, 0.2) is 0 Å². The monoisotopic (exact) mass is 338 g/mol. The van der Waals surface area contributed by atoms with E-state index >= 15 is 0 Å². The van der Waals surface area contributed by atoms with E-state index in [0.717, 1.165) is 20.7 Å². The molecule has 0 unspecified atom stereocenters. The van der Waals surface area contributed by atoms with Gasteiger partial charge in [0.05, 0.1) is 27.0 Å². The van der Waals surface area contributed by atoms with Crippen LogP contribution in [0, 0.1) is 6.92 Å². The molecule has 3 aromatic heterocycles. The van der Waals surface area contributed by atoms with Gasteiger partial charge in [-0.3, -0.25) is 0 Å². The molecule has 0 saturated heterocycles. The SMILES string of the molecule is Cc1c(-c2nc(Cl)ncc2Cl)sc2c(C(C)C)cnnc12. The highest BCUT2D eigenvalue weighted by Gasteiger charge is 2.19. The average molecular weight is 339 g/mol. The van der Waals surface area contributed by atoms with Gasteiger partial charge in [0.25, 0.3) is 0 Å². The van der Waals surface area contributed by atoms with E-state index in [0.29, 0.717) is 16.6 Å². The van der Waals surface area contributed by atoms with E-state index in [9.17, 15) is 0 Å². The number of fused-ring (bicyclic) bond motifs is 1. The smallest absolute Gasteiger partial charge is 0.223 e. The van der Waals surface area contributed by atoms with Gasteiger partial charge >= 0.3 is 0 Å². The van der Waals surface area contributed by atoms with Gasteiger partial charge in [-0.1, -0.05) is 25.4 Å². The van der Waals surface area contributed by atoms with E-state index in [1.54, 1.807) is 11.3 Å². The van der Waals surface area contributed by atoms with Crippen LogP contribution in [0.5, 0.6) is 0 Å². The second-order valence-electron chi connectivity index (χ2n) is 5.02. The molecule has 0 atom stereocenters. The van der Waals surface area contributed by atoms with Crippen LogP contribution in [-0.4, -0.2) is 20.2 Å². The van der Waals surface area contributed by atoms with Gasteiger partial charge in [-0.15, -0.1) is 16.4 Å². The number of rotatable bonds is 2. The maximum absolute atomic E-state index is 6.22. The average Bonchev–Trinajstić information content (AvgIpc) is 2.79. The summed E-state index contributed by atoms with van der Waals surface area (Å²) in [5.41, 5.74) is 3.73. The van der Waals surface area contributed by atoms with Gasteiger partial charge in [0.2, 0.25) is 5.28 Å². The molecule has 0 fully saturated rings. The molecular weight excluding hydrogens is 327 g/mol. The fraction of sp³-hybridized carbons (Fsp3) is 0.286. The molecule has 3 rings (SSSR count). The van der Waals surface area contributed by atoms with Crippen LogP contribution in [0.2, 0.25) is 10.3 Å². The molecule has 7 heteroatoms. The molecule has 3 heterocycles. The minimum atomic E-state index is 0.182. The minimum Gasteiger partial charge on any atom is -0.225 e. The van der Waals surface area contributed by atoms with Gasteiger partial charge in [-0.05, 0) is 35.6 Å². The second kappa shape index (κ2) is 5.48. The summed E-state index contributed by atoms with van der Waals surface area (Å²) in [6, 6.07) is 0. The van der Waals surface area contributed by atoms with Crippen molar-refractivity contribution >= 4 is 44.8 Å². The minimum absolute atomic E-state index is 0.182. The first kappa shape index (κ1) is 14.6. The Bertz CT molecular complexity index is 829. The van der Waals surface area contributed by atoms with E-state index in [-0.39, 0.29) is 5.28 Å². The van der Waals surface area contributed by atoms with Gasteiger partial charge in [-0.2, -0.15) is 5.10 Å². The van der Waals surface area contributed by atoms with Crippen LogP contribution in [0.4, 0.5) is 0 Å². The zero-order chi connectivity index (χ0) is 15.1. The largest absolute Gasteiger partial charge is 0.225 e. The summed E-state index contributed by atoms with van der Waals surface area (Å²) < 4.78 is 1.12. The van der Waals surface area contributed by atoms with Crippen molar-refractivity contribution in [2.24, 2.45) is 0 Å². The first-order valence-corrected chi connectivity index (χ1v) is 7.99. The number of thiophene rings is 1. The normalized spacial score (nSPS) is 11.5. The molecular formula is C14H12Cl2N4S. The summed E-state index contributed by atoms with van der Waals surface area (Å²) in [6.45, 7) is 6.28. The molecule has 0 aromatic carbocycles. The van der Waals surface area contributed by atoms with Crippen molar-refractivity contribution in [1.29, 1.82) is 0 Å². The van der Waals surface area contributed by atoms with Crippen molar-refractivity contribution in [2.75, 3.05) is 0 Å². The Balaban J connectivity index is 2.32. The number of halogens is 2. The van der Waals surface area contributed by atoms with Crippen LogP contribution in [0.3, 0.4) is 0 Å². The molecule has 4 nitrogen and oxygen atoms in total. The number of hydrogen-bond donors (Lipinski definition) is 0. The molecule has 0 aliphatic heterocycles. The van der Waals surface area contributed by atoms with E-state index in [2.05, 4.69) is 34.0 Å². The fourth-order valence-electron chi connectivity index (χ4n) is 2.17. The van der Waals surface area contributed by atoms with E-state index < -0.39 is 0 Å². The highest BCUT2D eigenvalue weighted by Crippen LogP contribution is 2.41. The Labute approximate surface area is 136 Å². The summed E-state index contributed by atoms with van der Waals surface area (Å²) in [5, 5.41) is 9.03. The van der Waals surface area contributed by atoms with E-state index in [1.807, 2.05) is 13.1 Å². The predicted octanol–water partition coefficient (Wildman–Crippen LogP) is 4.89. The van der Waals surface area contributed by atoms with Crippen molar-refractivity contribution in [1.82, 2.24) is 20.2 Å². The maximum Gasteiger partial charge on any atom is 0.223 e. The molecule has 0 aliphatic carbocycles. The summed E-state index contributed by atoms with van der Waals surface area (Å²) in [6.07, 6.45) is 3.34. The lowest BCUT2D eigenvalue weighted by atomic mass is 10.1. The lowest BCUT2D eigenvalue weighted by Crippen LogP contribution is -1.92. The standard InChI is InChI=1S/C14H12Cl2N4S/c1-6(2)8-4-18-20-10-7(3)12(21-13(8)10)11-9(15)5-17-14(16)19-11/h4-6H,1-3H3. The van der Waals surface area contributed by atoms with Crippen molar-refractivity contribution in [3.05, 3.63) is 33.8 Å². The fourth-order valence-corrected chi connectivity index (χ4v) is 3.95. The lowest BCUT2D eigenvalue weighted by molar-refractivity contribution is 0.860. The lowest BCUT2D eigenvalue weighted by Gasteiger charge is -2.04. The Morgan fingerprint density at radius 3 is 2.67 bits per heavy atom. The molecule has 0 spiro atoms. The first-order valence-electron chi connectivity index (χ1n) is 6.42. The molecule has 0 amide bonds. The topological polar surface area (TPSA) is 51.6 Å². The van der Waals surface area contributed by atoms with Crippen LogP contribution < -0.4 is 0 Å². The van der Waals surface area contributed by atoms with Crippen LogP contribution in [0.25, 0.3) is 20.8 Å². The highest BCUT2D eigenvalue weighted by molar-refractivity contribution is 7.22. The quantitative estimate of drug-likeness (QED) is 0.624. The molecule has 3 aromatic rings. The van der Waals surface area contributed by atoms with Crippen LogP contribution >= 0.6 is 34.5 Å². The van der Waals surface area contributed by atoms with E-state index in [1.165, 1.54) is 11.8 Å². The number of aryl methyl sites for hydroxylation is 1. The zero-order valence-corrected chi connectivity index (χ0v) is 14.0. The van der Waals surface area contributed by atoms with Crippen molar-refractivity contribution in [3.63, 3.8) is 0 Å². The number of hydrogen-bond acceptors (Lipinski definition) is 5. The summed E-state index contributed by atoms with van der Waals surface area (Å²) >= 11 is 13.7. The molecule has 0 aliphatic rings. The number of aromatic nitrogens is 4. The third-order valence-corrected chi connectivity index (χ3v) is 5.08. The summed E-state index contributed by atoms with van der Waals surface area (Å²) in [4.78, 5) is 9.11. The maximum atomic E-state index is 6.22. The third kappa shape index (κ3) is 2.50. The van der Waals surface area contributed by atoms with Crippen molar-refractivity contribution < 1.29 is 0 Å². The Morgan fingerprint density at radius 2 is 1.95 bits per heavy atom. The molecule has 0 saturated carbocycles. The Kier molecular flexibility index (Phi) is 3.82. The van der Waals surface area contributed by atoms with Gasteiger partial charge in [0, 0.05) is 0 Å². The molecule has 0 N–H and O–H groups in total. The van der Waals surface area contributed by atoms with E-state index in [4.69, 9.17) is 23.2 Å². The van der Waals surface area contributed by atoms with Crippen LogP contribution in [0.15, 0.2) is 12.4 Å². The van der Waals surface area contributed by atoms with Crippen LogP contribution in [0.1, 0.15) is 30.9 Å². The highest BCUT2D eigenvalue weighted by atomic mass is 35.5. The summed E-state index contributed by atoms with van der Waals surface area (Å²) in [5.74, 6) is 0.373. The molecule has 0 radical (unpaired) electrons. The van der Waals surface area contributed by atoms with Crippen molar-refractivity contribution in [3.8, 4) is 10.6 Å². The van der Waals surface area contributed by atoms with Gasteiger partial charge in [-0.25, -0.2) is 9.97 Å². The molecule has 0 bridgehead atoms. The molecule has 108 valence electrons. The second-order valence-corrected chi connectivity index (χ2v) is 6.79. The van der Waals surface area contributed by atoms with Gasteiger partial charge in [0.1, 0.15) is 11.2 Å². The zero-order valence-electron chi connectivity index (χ0n) is 11.7. The van der Waals surface area contributed by atoms with Crippen LogP contribution in [-0.2, 0) is 0 Å². The third-order valence-electron chi connectivity index (χ3n) is 3.28. The molecule has 21 heavy (non-hydrogen) atoms. The van der Waals surface area contributed by atoms with Crippen molar-refractivity contribution in [2.45, 2.75) is 26.7 Å². The summed E-state index contributed by atoms with van der Waals surface area (Å²) in [7, 11) is 0. The predicted molar refractivity (Wildman–Crippen MR) is 87.3 cm³/mol.